The summed E-state index contributed by atoms with van der Waals surface area (Å²) in [5.41, 5.74) is 1.67. The van der Waals surface area contributed by atoms with Crippen LogP contribution < -0.4 is 0 Å². The SMILES string of the molecule is CC(C)(C)c1cc(F)c(F)cc1CN1CCCC1. The van der Waals surface area contributed by atoms with Crippen LogP contribution in [-0.4, -0.2) is 18.0 Å². The monoisotopic (exact) mass is 253 g/mol. The van der Waals surface area contributed by atoms with Crippen molar-refractivity contribution in [1.29, 1.82) is 0 Å². The minimum absolute atomic E-state index is 0.163. The van der Waals surface area contributed by atoms with E-state index in [-0.39, 0.29) is 5.41 Å². The Hall–Kier alpha value is -0.960. The number of nitrogens with zero attached hydrogens (tertiary/aromatic N) is 1. The van der Waals surface area contributed by atoms with Gasteiger partial charge in [0, 0.05) is 6.54 Å². The van der Waals surface area contributed by atoms with E-state index in [1.165, 1.54) is 25.0 Å². The number of hydrogen-bond donors (Lipinski definition) is 0. The molecule has 0 atom stereocenters. The van der Waals surface area contributed by atoms with Crippen LogP contribution in [0.4, 0.5) is 8.78 Å². The molecular formula is C15H21F2N. The van der Waals surface area contributed by atoms with Crippen molar-refractivity contribution in [1.82, 2.24) is 4.90 Å². The summed E-state index contributed by atoms with van der Waals surface area (Å²) in [4.78, 5) is 2.31. The number of benzene rings is 1. The largest absolute Gasteiger partial charge is 0.299 e. The molecule has 1 aliphatic rings. The van der Waals surface area contributed by atoms with Gasteiger partial charge in [0.25, 0.3) is 0 Å². The van der Waals surface area contributed by atoms with Gasteiger partial charge < -0.3 is 0 Å². The first-order valence-corrected chi connectivity index (χ1v) is 6.58. The average Bonchev–Trinajstić information content (AvgIpc) is 2.74. The molecule has 3 heteroatoms. The topological polar surface area (TPSA) is 3.24 Å². The maximum atomic E-state index is 13.4. The van der Waals surface area contributed by atoms with Crippen LogP contribution in [0.5, 0.6) is 0 Å². The van der Waals surface area contributed by atoms with Gasteiger partial charge in [0.2, 0.25) is 0 Å². The lowest BCUT2D eigenvalue weighted by Crippen LogP contribution is -2.23. The zero-order chi connectivity index (χ0) is 13.3. The molecule has 0 radical (unpaired) electrons. The van der Waals surface area contributed by atoms with Crippen LogP contribution in [0.15, 0.2) is 12.1 Å². The van der Waals surface area contributed by atoms with Gasteiger partial charge in [-0.3, -0.25) is 4.90 Å². The molecular weight excluding hydrogens is 232 g/mol. The highest BCUT2D eigenvalue weighted by Gasteiger charge is 2.22. The highest BCUT2D eigenvalue weighted by Crippen LogP contribution is 2.29. The second kappa shape index (κ2) is 4.96. The molecule has 0 amide bonds. The van der Waals surface area contributed by atoms with Crippen molar-refractivity contribution in [3.05, 3.63) is 34.9 Å². The summed E-state index contributed by atoms with van der Waals surface area (Å²) < 4.78 is 26.8. The Labute approximate surface area is 108 Å². The second-order valence-electron chi connectivity index (χ2n) is 6.16. The predicted octanol–water partition coefficient (Wildman–Crippen LogP) is 3.86. The van der Waals surface area contributed by atoms with Gasteiger partial charge in [0.15, 0.2) is 11.6 Å². The van der Waals surface area contributed by atoms with E-state index in [1.54, 1.807) is 0 Å². The third kappa shape index (κ3) is 2.89. The Kier molecular flexibility index (Phi) is 3.71. The molecule has 100 valence electrons. The van der Waals surface area contributed by atoms with E-state index < -0.39 is 11.6 Å². The molecule has 0 saturated carbocycles. The minimum Gasteiger partial charge on any atom is -0.299 e. The van der Waals surface area contributed by atoms with Crippen molar-refractivity contribution >= 4 is 0 Å². The van der Waals surface area contributed by atoms with Crippen molar-refractivity contribution in [2.45, 2.75) is 45.6 Å². The van der Waals surface area contributed by atoms with E-state index in [0.717, 1.165) is 30.8 Å². The van der Waals surface area contributed by atoms with Gasteiger partial charge in [-0.2, -0.15) is 0 Å². The molecule has 1 fully saturated rings. The number of likely N-dealkylation sites (tertiary alicyclic amines) is 1. The lowest BCUT2D eigenvalue weighted by molar-refractivity contribution is 0.326. The summed E-state index contributed by atoms with van der Waals surface area (Å²) in [7, 11) is 0. The Morgan fingerprint density at radius 3 is 2.17 bits per heavy atom. The van der Waals surface area contributed by atoms with Gasteiger partial charge in [0.1, 0.15) is 0 Å². The van der Waals surface area contributed by atoms with Gasteiger partial charge in [-0.25, -0.2) is 8.78 Å². The number of halogens is 2. The molecule has 1 heterocycles. The molecule has 1 nitrogen and oxygen atoms in total. The van der Waals surface area contributed by atoms with E-state index in [9.17, 15) is 8.78 Å². The van der Waals surface area contributed by atoms with Gasteiger partial charge in [-0.15, -0.1) is 0 Å². The van der Waals surface area contributed by atoms with E-state index in [0.29, 0.717) is 0 Å². The van der Waals surface area contributed by atoms with Gasteiger partial charge >= 0.3 is 0 Å². The molecule has 0 spiro atoms. The fraction of sp³-hybridized carbons (Fsp3) is 0.600. The van der Waals surface area contributed by atoms with Crippen molar-refractivity contribution in [3.8, 4) is 0 Å². The van der Waals surface area contributed by atoms with Gasteiger partial charge in [-0.1, -0.05) is 20.8 Å². The fourth-order valence-corrected chi connectivity index (χ4v) is 2.60. The van der Waals surface area contributed by atoms with Crippen LogP contribution in [0.2, 0.25) is 0 Å². The highest BCUT2D eigenvalue weighted by atomic mass is 19.2. The first-order chi connectivity index (χ1) is 8.38. The van der Waals surface area contributed by atoms with E-state index in [2.05, 4.69) is 4.90 Å². The van der Waals surface area contributed by atoms with Crippen LogP contribution >= 0.6 is 0 Å². The van der Waals surface area contributed by atoms with Crippen LogP contribution in [-0.2, 0) is 12.0 Å². The summed E-state index contributed by atoms with van der Waals surface area (Å²) in [6.07, 6.45) is 2.41. The van der Waals surface area contributed by atoms with Crippen molar-refractivity contribution in [2.75, 3.05) is 13.1 Å². The first-order valence-electron chi connectivity index (χ1n) is 6.58. The summed E-state index contributed by atoms with van der Waals surface area (Å²) in [5.74, 6) is -1.48. The van der Waals surface area contributed by atoms with Gasteiger partial charge in [0.05, 0.1) is 0 Å². The van der Waals surface area contributed by atoms with Crippen LogP contribution in [0.3, 0.4) is 0 Å². The Bertz CT molecular complexity index is 429. The van der Waals surface area contributed by atoms with Crippen molar-refractivity contribution in [3.63, 3.8) is 0 Å². The van der Waals surface area contributed by atoms with E-state index >= 15 is 0 Å². The molecule has 2 rings (SSSR count). The smallest absolute Gasteiger partial charge is 0.159 e. The molecule has 1 aliphatic heterocycles. The maximum Gasteiger partial charge on any atom is 0.159 e. The summed E-state index contributed by atoms with van der Waals surface area (Å²) in [6, 6.07) is 2.73. The molecule has 0 unspecified atom stereocenters. The zero-order valence-electron chi connectivity index (χ0n) is 11.4. The molecule has 1 aromatic rings. The Morgan fingerprint density at radius 1 is 1.06 bits per heavy atom. The molecule has 0 bridgehead atoms. The fourth-order valence-electron chi connectivity index (χ4n) is 2.60. The predicted molar refractivity (Wildman–Crippen MR) is 69.6 cm³/mol. The summed E-state index contributed by atoms with van der Waals surface area (Å²) in [5, 5.41) is 0. The first kappa shape index (κ1) is 13.5. The lowest BCUT2D eigenvalue weighted by atomic mass is 9.83. The quantitative estimate of drug-likeness (QED) is 0.773. The number of hydrogen-bond acceptors (Lipinski definition) is 1. The van der Waals surface area contributed by atoms with Crippen molar-refractivity contribution in [2.24, 2.45) is 0 Å². The van der Waals surface area contributed by atoms with Crippen molar-refractivity contribution < 1.29 is 8.78 Å². The van der Waals surface area contributed by atoms with E-state index in [4.69, 9.17) is 0 Å². The summed E-state index contributed by atoms with van der Waals surface area (Å²) in [6.45, 7) is 8.95. The summed E-state index contributed by atoms with van der Waals surface area (Å²) >= 11 is 0. The third-order valence-electron chi connectivity index (χ3n) is 3.55. The highest BCUT2D eigenvalue weighted by molar-refractivity contribution is 5.34. The second-order valence-corrected chi connectivity index (χ2v) is 6.16. The van der Waals surface area contributed by atoms with Crippen LogP contribution in [0.1, 0.15) is 44.7 Å². The third-order valence-corrected chi connectivity index (χ3v) is 3.55. The molecule has 0 aromatic heterocycles. The van der Waals surface area contributed by atoms with Gasteiger partial charge in [-0.05, 0) is 54.6 Å². The Morgan fingerprint density at radius 2 is 1.61 bits per heavy atom. The maximum absolute atomic E-state index is 13.4. The molecule has 1 saturated heterocycles. The molecule has 0 aliphatic carbocycles. The lowest BCUT2D eigenvalue weighted by Gasteiger charge is -2.25. The Balaban J connectivity index is 2.34. The zero-order valence-corrected chi connectivity index (χ0v) is 11.4. The normalized spacial score (nSPS) is 17.4. The number of rotatable bonds is 2. The van der Waals surface area contributed by atoms with E-state index in [1.807, 2.05) is 20.8 Å². The minimum atomic E-state index is -0.745. The molecule has 18 heavy (non-hydrogen) atoms. The molecule has 0 N–H and O–H groups in total. The van der Waals surface area contributed by atoms with Crippen LogP contribution in [0, 0.1) is 11.6 Å². The average molecular weight is 253 g/mol. The van der Waals surface area contributed by atoms with Crippen LogP contribution in [0.25, 0.3) is 0 Å². The molecule has 1 aromatic carbocycles. The standard InChI is InChI=1S/C15H21F2N/c1-15(2,3)12-9-14(17)13(16)8-11(12)10-18-6-4-5-7-18/h8-9H,4-7,10H2,1-3H3.